The summed E-state index contributed by atoms with van der Waals surface area (Å²) in [7, 11) is -2.12. The van der Waals surface area contributed by atoms with Crippen LogP contribution in [0, 0.1) is 0 Å². The average Bonchev–Trinajstić information content (AvgIpc) is 2.43. The van der Waals surface area contributed by atoms with E-state index in [0.29, 0.717) is 5.69 Å². The minimum Gasteiger partial charge on any atom is -0.363 e. The fourth-order valence-corrected chi connectivity index (χ4v) is 2.58. The molecule has 0 bridgehead atoms. The van der Waals surface area contributed by atoms with E-state index in [9.17, 15) is 13.2 Å². The second kappa shape index (κ2) is 6.10. The van der Waals surface area contributed by atoms with E-state index in [1.807, 2.05) is 6.92 Å². The fraction of sp³-hybridized carbons (Fsp3) is 0.462. The first-order chi connectivity index (χ1) is 9.85. The topological polar surface area (TPSA) is 96.5 Å². The number of amides is 1. The highest BCUT2D eigenvalue weighted by Crippen LogP contribution is 2.16. The molecule has 8 heteroatoms. The molecule has 0 radical (unpaired) electrons. The Morgan fingerprint density at radius 3 is 2.43 bits per heavy atom. The van der Waals surface area contributed by atoms with Crippen LogP contribution >= 0.6 is 0 Å². The van der Waals surface area contributed by atoms with Gasteiger partial charge in [0.1, 0.15) is 6.61 Å². The molecule has 0 aliphatic carbocycles. The minimum atomic E-state index is -3.46. The van der Waals surface area contributed by atoms with E-state index in [4.69, 9.17) is 4.74 Å². The zero-order valence-electron chi connectivity index (χ0n) is 12.0. The van der Waals surface area contributed by atoms with Gasteiger partial charge in [-0.25, -0.2) is 13.1 Å². The second-order valence-electron chi connectivity index (χ2n) is 5.12. The molecule has 0 atom stereocenters. The minimum absolute atomic E-state index is 0.0330. The van der Waals surface area contributed by atoms with Gasteiger partial charge in [-0.05, 0) is 38.2 Å². The molecular formula is C13H19N3O4S. The fourth-order valence-electron chi connectivity index (χ4n) is 1.85. The molecule has 3 N–H and O–H groups in total. The number of benzene rings is 1. The van der Waals surface area contributed by atoms with Crippen LogP contribution in [0.5, 0.6) is 0 Å². The van der Waals surface area contributed by atoms with Crippen LogP contribution in [-0.2, 0) is 19.6 Å². The van der Waals surface area contributed by atoms with Crippen LogP contribution in [0.1, 0.15) is 6.92 Å². The van der Waals surface area contributed by atoms with Gasteiger partial charge in [0.15, 0.2) is 0 Å². The van der Waals surface area contributed by atoms with Crippen LogP contribution < -0.4 is 15.4 Å². The highest BCUT2D eigenvalue weighted by molar-refractivity contribution is 7.89. The lowest BCUT2D eigenvalue weighted by atomic mass is 10.0. The number of carbonyl (C=O) groups excluding carboxylic acids is 1. The average molecular weight is 313 g/mol. The van der Waals surface area contributed by atoms with Crippen LogP contribution in [0.3, 0.4) is 0 Å². The Morgan fingerprint density at radius 1 is 1.33 bits per heavy atom. The van der Waals surface area contributed by atoms with Crippen molar-refractivity contribution < 1.29 is 17.9 Å². The molecule has 0 unspecified atom stereocenters. The Labute approximate surface area is 124 Å². The number of ether oxygens (including phenoxy) is 1. The monoisotopic (exact) mass is 313 g/mol. The van der Waals surface area contributed by atoms with Crippen LogP contribution in [0.2, 0.25) is 0 Å². The molecule has 0 aromatic heterocycles. The van der Waals surface area contributed by atoms with E-state index in [1.54, 1.807) is 0 Å². The third kappa shape index (κ3) is 4.01. The van der Waals surface area contributed by atoms with E-state index in [0.717, 1.165) is 13.1 Å². The predicted molar refractivity (Wildman–Crippen MR) is 78.5 cm³/mol. The SMILES string of the molecule is CNS(=O)(=O)c1ccc(NC(=O)COC2(C)CNC2)cc1. The van der Waals surface area contributed by atoms with Crippen molar-refractivity contribution >= 4 is 21.6 Å². The van der Waals surface area contributed by atoms with E-state index >= 15 is 0 Å². The largest absolute Gasteiger partial charge is 0.363 e. The summed E-state index contributed by atoms with van der Waals surface area (Å²) in [6.07, 6.45) is 0. The molecule has 0 spiro atoms. The van der Waals surface area contributed by atoms with Crippen LogP contribution in [0.15, 0.2) is 29.2 Å². The van der Waals surface area contributed by atoms with Gasteiger partial charge in [0.25, 0.3) is 0 Å². The van der Waals surface area contributed by atoms with Gasteiger partial charge in [0.2, 0.25) is 15.9 Å². The first-order valence-electron chi connectivity index (χ1n) is 6.53. The Balaban J connectivity index is 1.89. The summed E-state index contributed by atoms with van der Waals surface area (Å²) >= 11 is 0. The molecule has 21 heavy (non-hydrogen) atoms. The maximum atomic E-state index is 11.8. The smallest absolute Gasteiger partial charge is 0.250 e. The number of carbonyl (C=O) groups is 1. The summed E-state index contributed by atoms with van der Waals surface area (Å²) in [5.74, 6) is -0.271. The van der Waals surface area contributed by atoms with Crippen molar-refractivity contribution in [3.63, 3.8) is 0 Å². The van der Waals surface area contributed by atoms with E-state index in [1.165, 1.54) is 31.3 Å². The summed E-state index contributed by atoms with van der Waals surface area (Å²) in [6, 6.07) is 5.93. The standard InChI is InChI=1S/C13H19N3O4S/c1-13(8-15-9-13)20-7-12(17)16-10-3-5-11(6-4-10)21(18,19)14-2/h3-6,14-15H,7-9H2,1-2H3,(H,16,17). The molecule has 1 aliphatic rings. The van der Waals surface area contributed by atoms with Crippen molar-refractivity contribution in [2.75, 3.05) is 32.1 Å². The van der Waals surface area contributed by atoms with Gasteiger partial charge in [-0.3, -0.25) is 4.79 Å². The Kier molecular flexibility index (Phi) is 4.62. The molecule has 1 heterocycles. The number of sulfonamides is 1. The maximum Gasteiger partial charge on any atom is 0.250 e. The Morgan fingerprint density at radius 2 is 1.95 bits per heavy atom. The van der Waals surface area contributed by atoms with Crippen molar-refractivity contribution in [1.82, 2.24) is 10.0 Å². The van der Waals surface area contributed by atoms with Gasteiger partial charge in [0, 0.05) is 18.8 Å². The summed E-state index contributed by atoms with van der Waals surface area (Å²) in [4.78, 5) is 11.9. The number of nitrogens with one attached hydrogen (secondary N) is 3. The molecule has 1 fully saturated rings. The molecule has 1 aromatic carbocycles. The van der Waals surface area contributed by atoms with E-state index < -0.39 is 10.0 Å². The van der Waals surface area contributed by atoms with Crippen molar-refractivity contribution in [3.8, 4) is 0 Å². The van der Waals surface area contributed by atoms with Crippen molar-refractivity contribution in [1.29, 1.82) is 0 Å². The third-order valence-corrected chi connectivity index (χ3v) is 4.70. The molecule has 116 valence electrons. The molecule has 0 saturated carbocycles. The van der Waals surface area contributed by atoms with E-state index in [2.05, 4.69) is 15.4 Å². The maximum absolute atomic E-state index is 11.8. The van der Waals surface area contributed by atoms with Gasteiger partial charge in [0.05, 0.1) is 10.5 Å². The first kappa shape index (κ1) is 15.9. The van der Waals surface area contributed by atoms with Gasteiger partial charge >= 0.3 is 0 Å². The molecule has 1 saturated heterocycles. The highest BCUT2D eigenvalue weighted by atomic mass is 32.2. The highest BCUT2D eigenvalue weighted by Gasteiger charge is 2.32. The van der Waals surface area contributed by atoms with Gasteiger partial charge < -0.3 is 15.4 Å². The van der Waals surface area contributed by atoms with Crippen molar-refractivity contribution in [2.45, 2.75) is 17.4 Å². The quantitative estimate of drug-likeness (QED) is 0.682. The Hall–Kier alpha value is -1.48. The van der Waals surface area contributed by atoms with Crippen molar-refractivity contribution in [3.05, 3.63) is 24.3 Å². The molecule has 7 nitrogen and oxygen atoms in total. The summed E-state index contributed by atoms with van der Waals surface area (Å²) in [6.45, 7) is 3.37. The zero-order valence-corrected chi connectivity index (χ0v) is 12.8. The van der Waals surface area contributed by atoms with Gasteiger partial charge in [-0.1, -0.05) is 0 Å². The second-order valence-corrected chi connectivity index (χ2v) is 7.01. The number of rotatable bonds is 6. The predicted octanol–water partition coefficient (Wildman–Crippen LogP) is -0.0883. The van der Waals surface area contributed by atoms with E-state index in [-0.39, 0.29) is 23.0 Å². The van der Waals surface area contributed by atoms with Gasteiger partial charge in [-0.15, -0.1) is 0 Å². The van der Waals surface area contributed by atoms with Crippen molar-refractivity contribution in [2.24, 2.45) is 0 Å². The number of anilines is 1. The normalized spacial score (nSPS) is 17.0. The number of hydrogen-bond donors (Lipinski definition) is 3. The third-order valence-electron chi connectivity index (χ3n) is 3.27. The summed E-state index contributed by atoms with van der Waals surface area (Å²) in [5, 5.41) is 5.74. The molecule has 1 amide bonds. The summed E-state index contributed by atoms with van der Waals surface area (Å²) in [5.41, 5.74) is 0.248. The first-order valence-corrected chi connectivity index (χ1v) is 8.01. The Bertz CT molecular complexity index is 609. The van der Waals surface area contributed by atoms with Crippen LogP contribution in [-0.4, -0.2) is 46.7 Å². The molecule has 2 rings (SSSR count). The van der Waals surface area contributed by atoms with Crippen LogP contribution in [0.25, 0.3) is 0 Å². The van der Waals surface area contributed by atoms with Gasteiger partial charge in [-0.2, -0.15) is 0 Å². The molecule has 1 aromatic rings. The molecular weight excluding hydrogens is 294 g/mol. The molecule has 1 aliphatic heterocycles. The number of hydrogen-bond acceptors (Lipinski definition) is 5. The lowest BCUT2D eigenvalue weighted by Crippen LogP contribution is -2.59. The van der Waals surface area contributed by atoms with Crippen LogP contribution in [0.4, 0.5) is 5.69 Å². The summed E-state index contributed by atoms with van der Waals surface area (Å²) < 4.78 is 30.9. The lowest BCUT2D eigenvalue weighted by Gasteiger charge is -2.38. The lowest BCUT2D eigenvalue weighted by molar-refractivity contribution is -0.130. The zero-order chi connectivity index (χ0) is 15.5.